The van der Waals surface area contributed by atoms with E-state index in [1.807, 2.05) is 6.92 Å². The molecule has 1 aliphatic heterocycles. The van der Waals surface area contributed by atoms with Crippen molar-refractivity contribution < 1.29 is 9.18 Å². The highest BCUT2D eigenvalue weighted by atomic mass is 19.1. The first-order valence-electron chi connectivity index (χ1n) is 7.08. The molecule has 0 spiro atoms. The Balaban J connectivity index is 1.85. The summed E-state index contributed by atoms with van der Waals surface area (Å²) in [7, 11) is 0. The van der Waals surface area contributed by atoms with Crippen LogP contribution < -0.4 is 11.1 Å². The monoisotopic (exact) mass is 279 g/mol. The highest BCUT2D eigenvalue weighted by molar-refractivity contribution is 5.92. The Hall–Kier alpha value is -1.46. The van der Waals surface area contributed by atoms with Crippen LogP contribution in [0.3, 0.4) is 0 Å². The molecule has 2 unspecified atom stereocenters. The molecule has 2 rings (SSSR count). The van der Waals surface area contributed by atoms with Crippen LogP contribution in [0.2, 0.25) is 0 Å². The van der Waals surface area contributed by atoms with E-state index in [4.69, 9.17) is 5.73 Å². The van der Waals surface area contributed by atoms with E-state index in [1.54, 1.807) is 12.1 Å². The maximum absolute atomic E-state index is 13.0. The molecule has 0 saturated carbocycles. The van der Waals surface area contributed by atoms with Crippen LogP contribution in [0.1, 0.15) is 19.8 Å². The molecule has 1 fully saturated rings. The first-order valence-corrected chi connectivity index (χ1v) is 7.08. The molecule has 4 nitrogen and oxygen atoms in total. The van der Waals surface area contributed by atoms with Gasteiger partial charge in [0.1, 0.15) is 5.82 Å². The lowest BCUT2D eigenvalue weighted by atomic mass is 9.92. The summed E-state index contributed by atoms with van der Waals surface area (Å²) in [5.74, 6) is -0.00978. The summed E-state index contributed by atoms with van der Waals surface area (Å²) < 4.78 is 13.0. The zero-order valence-electron chi connectivity index (χ0n) is 11.8. The minimum Gasteiger partial charge on any atom is -0.328 e. The molecule has 2 atom stereocenters. The van der Waals surface area contributed by atoms with Gasteiger partial charge in [-0.1, -0.05) is 6.07 Å². The average Bonchev–Trinajstić information content (AvgIpc) is 2.38. The van der Waals surface area contributed by atoms with Gasteiger partial charge in [0.15, 0.2) is 0 Å². The maximum Gasteiger partial charge on any atom is 0.238 e. The second-order valence-corrected chi connectivity index (χ2v) is 5.56. The summed E-state index contributed by atoms with van der Waals surface area (Å²) in [6.45, 7) is 4.12. The molecule has 0 aliphatic carbocycles. The number of amides is 1. The molecule has 0 bridgehead atoms. The molecule has 1 heterocycles. The third kappa shape index (κ3) is 4.28. The Morgan fingerprint density at radius 1 is 1.60 bits per heavy atom. The molecule has 0 radical (unpaired) electrons. The predicted octanol–water partition coefficient (Wildman–Crippen LogP) is 1.82. The molecule has 1 amide bonds. The van der Waals surface area contributed by atoms with Gasteiger partial charge >= 0.3 is 0 Å². The van der Waals surface area contributed by atoms with Gasteiger partial charge in [0, 0.05) is 18.3 Å². The second-order valence-electron chi connectivity index (χ2n) is 5.56. The molecule has 1 aliphatic rings. The van der Waals surface area contributed by atoms with Crippen molar-refractivity contribution >= 4 is 11.6 Å². The van der Waals surface area contributed by atoms with Crippen molar-refractivity contribution in [2.45, 2.75) is 25.8 Å². The fourth-order valence-corrected chi connectivity index (χ4v) is 2.63. The van der Waals surface area contributed by atoms with Gasteiger partial charge in [-0.2, -0.15) is 0 Å². The second kappa shape index (κ2) is 6.81. The van der Waals surface area contributed by atoms with Gasteiger partial charge in [-0.05, 0) is 50.4 Å². The molecule has 0 aromatic heterocycles. The van der Waals surface area contributed by atoms with E-state index in [9.17, 15) is 9.18 Å². The zero-order valence-corrected chi connectivity index (χ0v) is 11.8. The zero-order chi connectivity index (χ0) is 14.5. The van der Waals surface area contributed by atoms with Gasteiger partial charge < -0.3 is 11.1 Å². The summed E-state index contributed by atoms with van der Waals surface area (Å²) in [6, 6.07) is 6.09. The summed E-state index contributed by atoms with van der Waals surface area (Å²) in [5.41, 5.74) is 6.43. The number of carbonyl (C=O) groups is 1. The van der Waals surface area contributed by atoms with E-state index >= 15 is 0 Å². The normalized spacial score (nSPS) is 21.4. The Labute approximate surface area is 119 Å². The van der Waals surface area contributed by atoms with E-state index in [0.717, 1.165) is 25.9 Å². The third-order valence-electron chi connectivity index (χ3n) is 3.76. The number of benzene rings is 1. The van der Waals surface area contributed by atoms with Crippen LogP contribution in [-0.4, -0.2) is 36.5 Å². The Morgan fingerprint density at radius 2 is 2.40 bits per heavy atom. The molecule has 5 heteroatoms. The van der Waals surface area contributed by atoms with Crippen LogP contribution in [0.25, 0.3) is 0 Å². The fraction of sp³-hybridized carbons (Fsp3) is 0.533. The summed E-state index contributed by atoms with van der Waals surface area (Å²) in [5, 5.41) is 2.72. The van der Waals surface area contributed by atoms with E-state index < -0.39 is 0 Å². The number of nitrogens with one attached hydrogen (secondary N) is 1. The van der Waals surface area contributed by atoms with Crippen LogP contribution in [-0.2, 0) is 4.79 Å². The Morgan fingerprint density at radius 3 is 3.10 bits per heavy atom. The smallest absolute Gasteiger partial charge is 0.238 e. The predicted molar refractivity (Wildman–Crippen MR) is 77.8 cm³/mol. The van der Waals surface area contributed by atoms with E-state index in [0.29, 0.717) is 18.2 Å². The van der Waals surface area contributed by atoms with Crippen LogP contribution in [0.5, 0.6) is 0 Å². The topological polar surface area (TPSA) is 58.4 Å². The van der Waals surface area contributed by atoms with Crippen LogP contribution in [0.15, 0.2) is 24.3 Å². The van der Waals surface area contributed by atoms with Crippen molar-refractivity contribution in [3.63, 3.8) is 0 Å². The highest BCUT2D eigenvalue weighted by Gasteiger charge is 2.23. The number of likely N-dealkylation sites (tertiary alicyclic amines) is 1. The lowest BCUT2D eigenvalue weighted by molar-refractivity contribution is -0.117. The number of piperidine rings is 1. The lowest BCUT2D eigenvalue weighted by Gasteiger charge is -2.34. The molecule has 3 N–H and O–H groups in total. The summed E-state index contributed by atoms with van der Waals surface area (Å²) in [4.78, 5) is 14.1. The number of halogens is 1. The molecular weight excluding hydrogens is 257 g/mol. The number of rotatable bonds is 4. The van der Waals surface area contributed by atoms with Crippen LogP contribution in [0, 0.1) is 11.7 Å². The van der Waals surface area contributed by atoms with Crippen molar-refractivity contribution in [3.05, 3.63) is 30.1 Å². The van der Waals surface area contributed by atoms with Gasteiger partial charge in [-0.25, -0.2) is 4.39 Å². The van der Waals surface area contributed by atoms with Crippen molar-refractivity contribution in [2.24, 2.45) is 11.7 Å². The number of carbonyl (C=O) groups excluding carboxylic acids is 1. The molecule has 1 aromatic rings. The number of anilines is 1. The van der Waals surface area contributed by atoms with Crippen molar-refractivity contribution in [2.75, 3.05) is 25.0 Å². The minimum absolute atomic E-state index is 0.110. The van der Waals surface area contributed by atoms with Crippen LogP contribution >= 0.6 is 0 Å². The van der Waals surface area contributed by atoms with Crippen molar-refractivity contribution in [1.29, 1.82) is 0 Å². The quantitative estimate of drug-likeness (QED) is 0.884. The first-order chi connectivity index (χ1) is 9.54. The summed E-state index contributed by atoms with van der Waals surface area (Å²) >= 11 is 0. The average molecular weight is 279 g/mol. The lowest BCUT2D eigenvalue weighted by Crippen LogP contribution is -2.45. The van der Waals surface area contributed by atoms with Gasteiger partial charge in [-0.15, -0.1) is 0 Å². The fourth-order valence-electron chi connectivity index (χ4n) is 2.63. The third-order valence-corrected chi connectivity index (χ3v) is 3.76. The van der Waals surface area contributed by atoms with Crippen LogP contribution in [0.4, 0.5) is 10.1 Å². The van der Waals surface area contributed by atoms with Gasteiger partial charge in [0.05, 0.1) is 6.54 Å². The molecular formula is C15H22FN3O. The molecule has 20 heavy (non-hydrogen) atoms. The highest BCUT2D eigenvalue weighted by Crippen LogP contribution is 2.18. The number of nitrogens with zero attached hydrogens (tertiary/aromatic N) is 1. The number of hydrogen-bond acceptors (Lipinski definition) is 3. The standard InChI is InChI=1S/C15H22FN3O/c1-11(17)12-4-3-7-19(9-12)10-15(20)18-14-6-2-5-13(16)8-14/h2,5-6,8,11-12H,3-4,7,9-10,17H2,1H3,(H,18,20). The molecule has 1 aromatic carbocycles. The molecule has 1 saturated heterocycles. The Kier molecular flexibility index (Phi) is 5.09. The number of hydrogen-bond donors (Lipinski definition) is 2. The number of nitrogens with two attached hydrogens (primary N) is 1. The summed E-state index contributed by atoms with van der Waals surface area (Å²) in [6.07, 6.45) is 2.19. The van der Waals surface area contributed by atoms with E-state index in [1.165, 1.54) is 12.1 Å². The van der Waals surface area contributed by atoms with E-state index in [2.05, 4.69) is 10.2 Å². The van der Waals surface area contributed by atoms with Gasteiger partial charge in [0.25, 0.3) is 0 Å². The van der Waals surface area contributed by atoms with Gasteiger partial charge in [0.2, 0.25) is 5.91 Å². The van der Waals surface area contributed by atoms with Crippen molar-refractivity contribution in [1.82, 2.24) is 4.90 Å². The minimum atomic E-state index is -0.349. The SMILES string of the molecule is CC(N)C1CCCN(CC(=O)Nc2cccc(F)c2)C1. The first kappa shape index (κ1) is 14.9. The van der Waals surface area contributed by atoms with E-state index in [-0.39, 0.29) is 17.8 Å². The largest absolute Gasteiger partial charge is 0.328 e. The Bertz CT molecular complexity index is 464. The van der Waals surface area contributed by atoms with Crippen molar-refractivity contribution in [3.8, 4) is 0 Å². The molecule has 110 valence electrons. The van der Waals surface area contributed by atoms with Gasteiger partial charge in [-0.3, -0.25) is 9.69 Å². The maximum atomic E-state index is 13.0.